The quantitative estimate of drug-likeness (QED) is 0.0165. The minimum Gasteiger partial charge on any atom is -0.493 e. The largest absolute Gasteiger partial charge is 0.493 e. The van der Waals surface area contributed by atoms with Gasteiger partial charge in [0.25, 0.3) is 0 Å². The highest BCUT2D eigenvalue weighted by Gasteiger charge is 2.11. The number of carbonyl (C=O) groups is 4. The Bertz CT molecular complexity index is 2270. The topological polar surface area (TPSA) is 105 Å². The van der Waals surface area contributed by atoms with Crippen molar-refractivity contribution in [3.63, 3.8) is 0 Å². The molecule has 2 aromatic rings. The SMILES string of the molecule is CCCCCCCCCC=CC=CC=CC=CC=CC=CC(=O)Oc1ccc(C=CC(=O)CC(=O)C=Cc2ccc(OC(=O)C=CC=CC=CC=CC=CCCCCCCCCC)c(OC)c2)cc1OC. The molecule has 71 heavy (non-hydrogen) atoms. The van der Waals surface area contributed by atoms with E-state index in [0.717, 1.165) is 12.8 Å². The summed E-state index contributed by atoms with van der Waals surface area (Å²) in [6.07, 6.45) is 66.9. The predicted octanol–water partition coefficient (Wildman–Crippen LogP) is 16.2. The molecule has 0 aliphatic rings. The number of hydrogen-bond acceptors (Lipinski definition) is 8. The summed E-state index contributed by atoms with van der Waals surface area (Å²) in [4.78, 5) is 50.2. The van der Waals surface area contributed by atoms with Gasteiger partial charge in [0, 0.05) is 12.2 Å². The van der Waals surface area contributed by atoms with Crippen LogP contribution in [-0.4, -0.2) is 37.7 Å². The van der Waals surface area contributed by atoms with E-state index in [2.05, 4.69) is 38.2 Å². The summed E-state index contributed by atoms with van der Waals surface area (Å²) in [5.74, 6) is -0.930. The molecular weight excluding hydrogens is 885 g/mol. The molecule has 8 heteroatoms. The summed E-state index contributed by atoms with van der Waals surface area (Å²) in [6.45, 7) is 4.49. The highest BCUT2D eigenvalue weighted by Crippen LogP contribution is 2.30. The van der Waals surface area contributed by atoms with Gasteiger partial charge in [-0.1, -0.05) is 237 Å². The van der Waals surface area contributed by atoms with Crippen molar-refractivity contribution in [1.29, 1.82) is 0 Å². The average molecular weight is 963 g/mol. The smallest absolute Gasteiger partial charge is 0.336 e. The molecule has 0 amide bonds. The van der Waals surface area contributed by atoms with Gasteiger partial charge in [-0.05, 0) is 73.2 Å². The lowest BCUT2D eigenvalue weighted by atomic mass is 10.1. The van der Waals surface area contributed by atoms with Gasteiger partial charge in [0.2, 0.25) is 0 Å². The van der Waals surface area contributed by atoms with Crippen molar-refractivity contribution in [2.45, 2.75) is 123 Å². The molecule has 0 heterocycles. The molecule has 0 aromatic heterocycles. The van der Waals surface area contributed by atoms with E-state index in [4.69, 9.17) is 18.9 Å². The van der Waals surface area contributed by atoms with Crippen molar-refractivity contribution < 1.29 is 38.1 Å². The second-order valence-electron chi connectivity index (χ2n) is 16.5. The second kappa shape index (κ2) is 41.9. The van der Waals surface area contributed by atoms with Gasteiger partial charge < -0.3 is 18.9 Å². The highest BCUT2D eigenvalue weighted by molar-refractivity contribution is 6.11. The molecule has 0 unspecified atom stereocenters. The van der Waals surface area contributed by atoms with Crippen molar-refractivity contribution >= 4 is 35.7 Å². The monoisotopic (exact) mass is 963 g/mol. The van der Waals surface area contributed by atoms with Gasteiger partial charge in [-0.25, -0.2) is 9.59 Å². The van der Waals surface area contributed by atoms with E-state index in [1.807, 2.05) is 66.8 Å². The van der Waals surface area contributed by atoms with Crippen LogP contribution in [0.1, 0.15) is 134 Å². The van der Waals surface area contributed by atoms with Crippen LogP contribution >= 0.6 is 0 Å². The summed E-state index contributed by atoms with van der Waals surface area (Å²) in [6, 6.07) is 9.72. The van der Waals surface area contributed by atoms with Crippen molar-refractivity contribution in [2.75, 3.05) is 14.2 Å². The van der Waals surface area contributed by atoms with E-state index >= 15 is 0 Å². The number of esters is 2. The van der Waals surface area contributed by atoms with E-state index in [1.54, 1.807) is 78.9 Å². The number of rotatable bonds is 37. The van der Waals surface area contributed by atoms with E-state index in [9.17, 15) is 19.2 Å². The van der Waals surface area contributed by atoms with Crippen LogP contribution in [0, 0.1) is 0 Å². The Morgan fingerprint density at radius 3 is 1.06 bits per heavy atom. The maximum atomic E-state index is 12.6. The molecule has 0 fully saturated rings. The number of carbonyl (C=O) groups excluding carboxylic acids is 4. The summed E-state index contributed by atoms with van der Waals surface area (Å²) in [7, 11) is 2.90. The maximum Gasteiger partial charge on any atom is 0.336 e. The minimum absolute atomic E-state index is 0.216. The number of benzene rings is 2. The number of unbranched alkanes of at least 4 members (excludes halogenated alkanes) is 14. The lowest BCUT2D eigenvalue weighted by molar-refractivity contribution is -0.130. The van der Waals surface area contributed by atoms with Gasteiger partial charge >= 0.3 is 11.9 Å². The molecule has 8 nitrogen and oxygen atoms in total. The summed E-state index contributed by atoms with van der Waals surface area (Å²) in [5.41, 5.74) is 1.22. The molecule has 2 aromatic carbocycles. The Balaban J connectivity index is 1.74. The minimum atomic E-state index is -0.582. The van der Waals surface area contributed by atoms with Gasteiger partial charge in [0.15, 0.2) is 34.6 Å². The average Bonchev–Trinajstić information content (AvgIpc) is 3.37. The van der Waals surface area contributed by atoms with Gasteiger partial charge in [0.05, 0.1) is 20.6 Å². The Labute approximate surface area is 425 Å². The fourth-order valence-corrected chi connectivity index (χ4v) is 6.65. The third kappa shape index (κ3) is 32.4. The van der Waals surface area contributed by atoms with Crippen LogP contribution in [0.15, 0.2) is 182 Å². The van der Waals surface area contributed by atoms with Crippen LogP contribution < -0.4 is 18.9 Å². The number of ketones is 2. The first-order valence-electron chi connectivity index (χ1n) is 25.3. The number of ether oxygens (including phenoxy) is 4. The van der Waals surface area contributed by atoms with Crippen LogP contribution in [0.5, 0.6) is 23.0 Å². The number of allylic oxidation sites excluding steroid dienone is 22. The first kappa shape index (κ1) is 60.1. The highest BCUT2D eigenvalue weighted by atomic mass is 16.6. The van der Waals surface area contributed by atoms with Crippen LogP contribution in [0.4, 0.5) is 0 Å². The number of methoxy groups -OCH3 is 2. The number of hydrogen-bond donors (Lipinski definition) is 0. The first-order valence-corrected chi connectivity index (χ1v) is 25.3. The lowest BCUT2D eigenvalue weighted by Crippen LogP contribution is -2.05. The molecule has 0 saturated heterocycles. The van der Waals surface area contributed by atoms with Crippen molar-refractivity contribution in [3.05, 3.63) is 193 Å². The molecule has 0 saturated carbocycles. The third-order valence-electron chi connectivity index (χ3n) is 10.5. The Morgan fingerprint density at radius 1 is 0.380 bits per heavy atom. The molecule has 0 N–H and O–H groups in total. The van der Waals surface area contributed by atoms with Crippen molar-refractivity contribution in [2.24, 2.45) is 0 Å². The Kier molecular flexibility index (Phi) is 35.4. The van der Waals surface area contributed by atoms with Crippen LogP contribution in [0.3, 0.4) is 0 Å². The van der Waals surface area contributed by atoms with E-state index in [1.165, 1.54) is 128 Å². The summed E-state index contributed by atoms with van der Waals surface area (Å²) < 4.78 is 21.7. The van der Waals surface area contributed by atoms with Gasteiger partial charge in [-0.3, -0.25) is 9.59 Å². The molecule has 0 aliphatic heterocycles. The second-order valence-corrected chi connectivity index (χ2v) is 16.5. The van der Waals surface area contributed by atoms with E-state index in [0.29, 0.717) is 22.6 Å². The zero-order valence-electron chi connectivity index (χ0n) is 42.8. The Hall–Kier alpha value is -7.06. The van der Waals surface area contributed by atoms with E-state index < -0.39 is 23.5 Å². The molecule has 0 spiro atoms. The Morgan fingerprint density at radius 2 is 0.704 bits per heavy atom. The van der Waals surface area contributed by atoms with Gasteiger partial charge in [-0.15, -0.1) is 0 Å². The van der Waals surface area contributed by atoms with Crippen LogP contribution in [0.25, 0.3) is 12.2 Å². The van der Waals surface area contributed by atoms with Crippen molar-refractivity contribution in [3.8, 4) is 23.0 Å². The molecule has 0 aliphatic carbocycles. The standard InChI is InChI=1S/C63H78O8/c1-5-7-9-11-13-15-17-19-21-23-24-26-28-30-32-34-36-38-40-42-63(67)71-59-50-46-55(52-61(59)69-4)44-48-57(65)53-56(64)47-43-54-45-49-58(60(51-54)68-3)70-62(66)41-39-37-35-33-31-29-27-25-22-20-18-16-14-12-10-8-6-2/h21-52H,5-20,53H2,1-4H3. The lowest BCUT2D eigenvalue weighted by Gasteiger charge is -2.08. The fourth-order valence-electron chi connectivity index (χ4n) is 6.65. The van der Waals surface area contributed by atoms with Crippen LogP contribution in [-0.2, 0) is 19.2 Å². The molecule has 378 valence electrons. The molecule has 0 atom stereocenters. The zero-order valence-corrected chi connectivity index (χ0v) is 42.8. The first-order chi connectivity index (χ1) is 34.8. The van der Waals surface area contributed by atoms with Crippen LogP contribution in [0.2, 0.25) is 0 Å². The third-order valence-corrected chi connectivity index (χ3v) is 10.5. The molecule has 0 bridgehead atoms. The molecule has 2 rings (SSSR count). The molecule has 0 radical (unpaired) electrons. The maximum absolute atomic E-state index is 12.6. The fraction of sp³-hybridized carbons (Fsp3) is 0.333. The predicted molar refractivity (Wildman–Crippen MR) is 296 cm³/mol. The zero-order chi connectivity index (χ0) is 51.3. The molecular formula is C63H78O8. The summed E-state index contributed by atoms with van der Waals surface area (Å²) >= 11 is 0. The summed E-state index contributed by atoms with van der Waals surface area (Å²) in [5, 5.41) is 0. The van der Waals surface area contributed by atoms with Crippen molar-refractivity contribution in [1.82, 2.24) is 0 Å². The van der Waals surface area contributed by atoms with Gasteiger partial charge in [-0.2, -0.15) is 0 Å². The van der Waals surface area contributed by atoms with Gasteiger partial charge in [0.1, 0.15) is 0 Å². The normalized spacial score (nSPS) is 12.7. The van der Waals surface area contributed by atoms with E-state index in [-0.39, 0.29) is 17.9 Å².